The van der Waals surface area contributed by atoms with Crippen LogP contribution in [0.3, 0.4) is 0 Å². The second kappa shape index (κ2) is 28.6. The predicted molar refractivity (Wildman–Crippen MR) is 193 cm³/mol. The van der Waals surface area contributed by atoms with E-state index in [4.69, 9.17) is 14.9 Å². The molecule has 20 heteroatoms. The van der Waals surface area contributed by atoms with Crippen LogP contribution in [-0.2, 0) is 41.0 Å². The number of aliphatic hydroxyl groups is 5. The Morgan fingerprint density at radius 3 is 1.47 bits per heavy atom. The smallest absolute Gasteiger partial charge is 0.328 e. The summed E-state index contributed by atoms with van der Waals surface area (Å²) < 4.78 is 5.31. The van der Waals surface area contributed by atoms with Gasteiger partial charge in [-0.3, -0.25) is 14.4 Å². The van der Waals surface area contributed by atoms with E-state index in [0.29, 0.717) is 44.8 Å². The van der Waals surface area contributed by atoms with Crippen molar-refractivity contribution in [2.45, 2.75) is 122 Å². The van der Waals surface area contributed by atoms with Gasteiger partial charge >= 0.3 is 5.97 Å². The average molecular weight is 831 g/mol. The summed E-state index contributed by atoms with van der Waals surface area (Å²) in [6.07, 6.45) is 2.31. The SMILES string of the molecule is CC(=O)NC(CCCN(O)C(O)C=C(C)CCO)C(=O)OCCC(C)=CC(O)N(O)CCCC1NC(=O)C(CCCN(O)C(O)C=C(C)CCO)NC1=O.[Fe]. The van der Waals surface area contributed by atoms with E-state index in [9.17, 15) is 50.1 Å². The first-order chi connectivity index (χ1) is 25.5. The van der Waals surface area contributed by atoms with Gasteiger partial charge < -0.3 is 61.8 Å². The summed E-state index contributed by atoms with van der Waals surface area (Å²) in [5.41, 5.74) is 1.96. The quantitative estimate of drug-likeness (QED) is 0.0162. The fourth-order valence-electron chi connectivity index (χ4n) is 5.38. The first kappa shape index (κ1) is 52.2. The van der Waals surface area contributed by atoms with E-state index in [1.807, 2.05) is 0 Å². The minimum Gasteiger partial charge on any atom is -0.464 e. The molecular weight excluding hydrogens is 768 g/mol. The Balaban J connectivity index is 0.0000292. The normalized spacial score (nSPS) is 19.1. The number of ether oxygens (including phenoxy) is 1. The van der Waals surface area contributed by atoms with E-state index in [0.717, 1.165) is 0 Å². The van der Waals surface area contributed by atoms with Crippen LogP contribution in [-0.4, -0.2) is 156 Å². The molecule has 0 aromatic rings. The molecule has 1 fully saturated rings. The number of rotatable bonds is 27. The number of aliphatic hydroxyl groups excluding tert-OH is 5. The van der Waals surface area contributed by atoms with Gasteiger partial charge in [0.1, 0.15) is 36.8 Å². The van der Waals surface area contributed by atoms with Gasteiger partial charge in [0.15, 0.2) is 0 Å². The van der Waals surface area contributed by atoms with Crippen LogP contribution < -0.4 is 16.0 Å². The van der Waals surface area contributed by atoms with Crippen molar-refractivity contribution in [1.29, 1.82) is 0 Å². The van der Waals surface area contributed by atoms with Crippen molar-refractivity contribution in [3.8, 4) is 0 Å². The number of hydrogen-bond donors (Lipinski definition) is 11. The fraction of sp³-hybridized carbons (Fsp3) is 0.714. The van der Waals surface area contributed by atoms with Gasteiger partial charge in [0.05, 0.1) is 6.61 Å². The average Bonchev–Trinajstić information content (AvgIpc) is 3.09. The van der Waals surface area contributed by atoms with Crippen LogP contribution in [0.15, 0.2) is 34.9 Å². The first-order valence-corrected chi connectivity index (χ1v) is 18.2. The number of carbonyl (C=O) groups is 4. The molecule has 0 aliphatic carbocycles. The molecule has 6 unspecified atom stereocenters. The molecule has 0 saturated carbocycles. The minimum absolute atomic E-state index is 0. The van der Waals surface area contributed by atoms with E-state index < -0.39 is 60.5 Å². The van der Waals surface area contributed by atoms with Crippen LogP contribution in [0.1, 0.15) is 85.5 Å². The summed E-state index contributed by atoms with van der Waals surface area (Å²) in [6.45, 7) is 6.02. The van der Waals surface area contributed by atoms with Gasteiger partial charge in [-0.25, -0.2) is 4.79 Å². The number of nitrogens with zero attached hydrogens (tertiary/aromatic N) is 3. The van der Waals surface area contributed by atoms with Crippen molar-refractivity contribution >= 4 is 23.7 Å². The Kier molecular flexibility index (Phi) is 27.1. The van der Waals surface area contributed by atoms with Crippen molar-refractivity contribution in [2.24, 2.45) is 0 Å². The molecule has 1 saturated heterocycles. The number of piperazine rings is 1. The van der Waals surface area contributed by atoms with E-state index in [2.05, 4.69) is 16.0 Å². The second-order valence-corrected chi connectivity index (χ2v) is 13.4. The molecule has 1 aliphatic rings. The number of hydrogen-bond acceptors (Lipinski definition) is 16. The van der Waals surface area contributed by atoms with Crippen LogP contribution in [0, 0.1) is 0 Å². The molecule has 55 heavy (non-hydrogen) atoms. The Morgan fingerprint density at radius 2 is 1.09 bits per heavy atom. The molecule has 19 nitrogen and oxygen atoms in total. The van der Waals surface area contributed by atoms with Crippen LogP contribution >= 0.6 is 0 Å². The first-order valence-electron chi connectivity index (χ1n) is 18.2. The van der Waals surface area contributed by atoms with Gasteiger partial charge in [-0.05, 0) is 90.4 Å². The van der Waals surface area contributed by atoms with Crippen LogP contribution in [0.5, 0.6) is 0 Å². The molecule has 0 radical (unpaired) electrons. The van der Waals surface area contributed by atoms with E-state index >= 15 is 0 Å². The van der Waals surface area contributed by atoms with Crippen LogP contribution in [0.4, 0.5) is 0 Å². The molecule has 6 atom stereocenters. The zero-order valence-electron chi connectivity index (χ0n) is 32.1. The summed E-state index contributed by atoms with van der Waals surface area (Å²) >= 11 is 0. The van der Waals surface area contributed by atoms with Crippen molar-refractivity contribution in [2.75, 3.05) is 39.5 Å². The largest absolute Gasteiger partial charge is 0.464 e. The monoisotopic (exact) mass is 830 g/mol. The molecule has 0 aromatic carbocycles. The summed E-state index contributed by atoms with van der Waals surface area (Å²) in [4.78, 5) is 49.5. The van der Waals surface area contributed by atoms with Crippen LogP contribution in [0.25, 0.3) is 0 Å². The van der Waals surface area contributed by atoms with Crippen molar-refractivity contribution < 1.29 is 82.1 Å². The van der Waals surface area contributed by atoms with Gasteiger partial charge in [-0.2, -0.15) is 15.2 Å². The van der Waals surface area contributed by atoms with Gasteiger partial charge in [-0.1, -0.05) is 16.7 Å². The Hall–Kier alpha value is -2.82. The molecule has 1 aliphatic heterocycles. The minimum atomic E-state index is -1.41. The third-order valence-corrected chi connectivity index (χ3v) is 8.54. The van der Waals surface area contributed by atoms with Gasteiger partial charge in [0.2, 0.25) is 17.7 Å². The summed E-state index contributed by atoms with van der Waals surface area (Å²) in [5.74, 6) is -1.98. The molecule has 318 valence electrons. The fourth-order valence-corrected chi connectivity index (χ4v) is 5.38. The molecule has 0 bridgehead atoms. The number of nitrogens with one attached hydrogen (secondary N) is 3. The third kappa shape index (κ3) is 21.9. The van der Waals surface area contributed by atoms with E-state index in [1.165, 1.54) is 25.2 Å². The maximum absolute atomic E-state index is 12.7. The Morgan fingerprint density at radius 1 is 0.709 bits per heavy atom. The molecular formula is C35H62FeN6O13. The standard InChI is InChI=1S/C35H62N6O13.Fe/c1-23(11-17-42)20-30(45)39(51)14-5-8-27-33(48)38-28(34(49)37-27)9-6-15-40(52)32(47)22-25(3)13-19-54-35(50)29(36-26(4)44)10-7-16-41(53)31(46)21-24(2)12-18-43;/h20-22,27-32,42-43,45-47,51-53H,5-19H2,1-4H3,(H,36,44)(H,37,49)(H,38,48);. The van der Waals surface area contributed by atoms with Crippen molar-refractivity contribution in [3.63, 3.8) is 0 Å². The van der Waals surface area contributed by atoms with Gasteiger partial charge in [0, 0.05) is 63.3 Å². The number of amides is 3. The zero-order valence-corrected chi connectivity index (χ0v) is 33.2. The molecule has 1 rings (SSSR count). The molecule has 1 heterocycles. The summed E-state index contributed by atoms with van der Waals surface area (Å²) in [5, 5.41) is 88.7. The van der Waals surface area contributed by atoms with Crippen molar-refractivity contribution in [3.05, 3.63) is 34.9 Å². The van der Waals surface area contributed by atoms with E-state index in [1.54, 1.807) is 20.8 Å². The van der Waals surface area contributed by atoms with E-state index in [-0.39, 0.29) is 101 Å². The maximum atomic E-state index is 12.7. The van der Waals surface area contributed by atoms with Crippen LogP contribution in [0.2, 0.25) is 0 Å². The third-order valence-electron chi connectivity index (χ3n) is 8.54. The summed E-state index contributed by atoms with van der Waals surface area (Å²) in [6, 6.07) is -2.67. The van der Waals surface area contributed by atoms with Crippen molar-refractivity contribution in [1.82, 2.24) is 31.1 Å². The summed E-state index contributed by atoms with van der Waals surface area (Å²) in [7, 11) is 0. The maximum Gasteiger partial charge on any atom is 0.328 e. The number of carbonyl (C=O) groups excluding carboxylic acids is 4. The number of hydroxylamine groups is 6. The topological polar surface area (TPSA) is 285 Å². The molecule has 0 aromatic heterocycles. The number of esters is 1. The molecule has 0 spiro atoms. The molecule has 3 amide bonds. The second-order valence-electron chi connectivity index (χ2n) is 13.4. The Bertz CT molecular complexity index is 1270. The predicted octanol–water partition coefficient (Wildman–Crippen LogP) is -0.622. The zero-order chi connectivity index (χ0) is 40.8. The van der Waals surface area contributed by atoms with Gasteiger partial charge in [-0.15, -0.1) is 0 Å². The molecule has 11 N–H and O–H groups in total. The van der Waals surface area contributed by atoms with Gasteiger partial charge in [0.25, 0.3) is 0 Å². The Labute approximate surface area is 333 Å².